The highest BCUT2D eigenvalue weighted by Crippen LogP contribution is 2.44. The van der Waals surface area contributed by atoms with Crippen LogP contribution >= 0.6 is 0 Å². The molecule has 2 rings (SSSR count). The zero-order chi connectivity index (χ0) is 11.5. The van der Waals surface area contributed by atoms with E-state index in [1.807, 2.05) is 24.3 Å². The van der Waals surface area contributed by atoms with Gasteiger partial charge in [0, 0.05) is 0 Å². The van der Waals surface area contributed by atoms with Crippen molar-refractivity contribution in [3.05, 3.63) is 29.8 Å². The Kier molecular flexibility index (Phi) is 3.13. The monoisotopic (exact) mass is 220 g/mol. The van der Waals surface area contributed by atoms with Gasteiger partial charge in [0.15, 0.2) is 0 Å². The summed E-state index contributed by atoms with van der Waals surface area (Å²) in [4.78, 5) is 10.8. The number of rotatable bonds is 5. The number of aliphatic carboxylic acids is 1. The van der Waals surface area contributed by atoms with E-state index in [1.54, 1.807) is 7.11 Å². The van der Waals surface area contributed by atoms with Crippen molar-refractivity contribution in [3.63, 3.8) is 0 Å². The second-order valence-electron chi connectivity index (χ2n) is 4.32. The third kappa shape index (κ3) is 2.54. The second kappa shape index (κ2) is 4.56. The molecule has 1 aromatic rings. The third-order valence-corrected chi connectivity index (χ3v) is 3.11. The van der Waals surface area contributed by atoms with Crippen LogP contribution in [0.5, 0.6) is 5.75 Å². The Balaban J connectivity index is 2.20. The summed E-state index contributed by atoms with van der Waals surface area (Å²) >= 11 is 0. The van der Waals surface area contributed by atoms with E-state index >= 15 is 0 Å². The molecule has 0 heterocycles. The molecule has 16 heavy (non-hydrogen) atoms. The number of ether oxygens (including phenoxy) is 1. The summed E-state index contributed by atoms with van der Waals surface area (Å²) in [6.45, 7) is 0. The minimum atomic E-state index is -0.722. The first-order valence-electron chi connectivity index (χ1n) is 5.56. The highest BCUT2D eigenvalue weighted by atomic mass is 16.5. The van der Waals surface area contributed by atoms with Gasteiger partial charge in [0.25, 0.3) is 0 Å². The molecule has 0 spiro atoms. The third-order valence-electron chi connectivity index (χ3n) is 3.11. The van der Waals surface area contributed by atoms with Crippen LogP contribution in [0, 0.1) is 5.92 Å². The molecule has 1 atom stereocenters. The maximum Gasteiger partial charge on any atom is 0.303 e. The molecule has 1 aliphatic carbocycles. The maximum atomic E-state index is 10.8. The van der Waals surface area contributed by atoms with Crippen LogP contribution in [-0.2, 0) is 4.79 Å². The lowest BCUT2D eigenvalue weighted by molar-refractivity contribution is -0.137. The molecule has 0 aliphatic heterocycles. The van der Waals surface area contributed by atoms with Gasteiger partial charge >= 0.3 is 5.97 Å². The van der Waals surface area contributed by atoms with Crippen molar-refractivity contribution in [1.29, 1.82) is 0 Å². The van der Waals surface area contributed by atoms with Crippen LogP contribution in [0.25, 0.3) is 0 Å². The normalized spacial score (nSPS) is 16.8. The summed E-state index contributed by atoms with van der Waals surface area (Å²) in [6.07, 6.45) is 2.52. The number of hydrogen-bond donors (Lipinski definition) is 1. The van der Waals surface area contributed by atoms with Crippen LogP contribution in [0.3, 0.4) is 0 Å². The molecule has 0 radical (unpaired) electrons. The molecular formula is C13H16O3. The zero-order valence-corrected chi connectivity index (χ0v) is 9.35. The molecule has 1 fully saturated rings. The van der Waals surface area contributed by atoms with Gasteiger partial charge in [-0.05, 0) is 42.4 Å². The van der Waals surface area contributed by atoms with Crippen molar-refractivity contribution in [2.24, 2.45) is 5.92 Å². The molecular weight excluding hydrogens is 204 g/mol. The van der Waals surface area contributed by atoms with Gasteiger partial charge in [-0.15, -0.1) is 0 Å². The minimum absolute atomic E-state index is 0.146. The Morgan fingerprint density at radius 3 is 2.88 bits per heavy atom. The predicted octanol–water partition coefficient (Wildman–Crippen LogP) is 2.66. The van der Waals surface area contributed by atoms with E-state index in [2.05, 4.69) is 0 Å². The SMILES string of the molecule is COc1cccc(C(CC(=O)O)C2CC2)c1. The van der Waals surface area contributed by atoms with Gasteiger partial charge in [0.2, 0.25) is 0 Å². The number of carboxylic acid groups (broad SMARTS) is 1. The van der Waals surface area contributed by atoms with E-state index in [4.69, 9.17) is 9.84 Å². The smallest absolute Gasteiger partial charge is 0.303 e. The fraction of sp³-hybridized carbons (Fsp3) is 0.462. The van der Waals surface area contributed by atoms with Gasteiger partial charge in [0.1, 0.15) is 5.75 Å². The lowest BCUT2D eigenvalue weighted by Crippen LogP contribution is -2.08. The van der Waals surface area contributed by atoms with Crippen molar-refractivity contribution < 1.29 is 14.6 Å². The van der Waals surface area contributed by atoms with Crippen LogP contribution < -0.4 is 4.74 Å². The molecule has 1 aromatic carbocycles. The van der Waals surface area contributed by atoms with E-state index in [-0.39, 0.29) is 12.3 Å². The van der Waals surface area contributed by atoms with E-state index in [0.29, 0.717) is 5.92 Å². The maximum absolute atomic E-state index is 10.8. The highest BCUT2D eigenvalue weighted by Gasteiger charge is 2.33. The minimum Gasteiger partial charge on any atom is -0.497 e. The van der Waals surface area contributed by atoms with Crippen LogP contribution in [-0.4, -0.2) is 18.2 Å². The molecule has 1 unspecified atom stereocenters. The van der Waals surface area contributed by atoms with Crippen molar-refractivity contribution in [2.75, 3.05) is 7.11 Å². The Labute approximate surface area is 95.0 Å². The highest BCUT2D eigenvalue weighted by molar-refractivity contribution is 5.68. The van der Waals surface area contributed by atoms with Crippen LogP contribution in [0.4, 0.5) is 0 Å². The first kappa shape index (κ1) is 11.0. The summed E-state index contributed by atoms with van der Waals surface area (Å²) in [7, 11) is 1.63. The van der Waals surface area contributed by atoms with Crippen LogP contribution in [0.2, 0.25) is 0 Å². The van der Waals surface area contributed by atoms with E-state index in [0.717, 1.165) is 24.2 Å². The van der Waals surface area contributed by atoms with E-state index in [9.17, 15) is 4.79 Å². The first-order chi connectivity index (χ1) is 7.70. The number of carboxylic acids is 1. The van der Waals surface area contributed by atoms with Gasteiger partial charge in [0.05, 0.1) is 13.5 Å². The average Bonchev–Trinajstić information content (AvgIpc) is 3.09. The summed E-state index contributed by atoms with van der Waals surface area (Å²) < 4.78 is 5.16. The van der Waals surface area contributed by atoms with Gasteiger partial charge in [-0.25, -0.2) is 0 Å². The molecule has 0 amide bonds. The molecule has 0 bridgehead atoms. The van der Waals surface area contributed by atoms with Crippen molar-refractivity contribution in [2.45, 2.75) is 25.2 Å². The van der Waals surface area contributed by atoms with Gasteiger partial charge in [-0.1, -0.05) is 12.1 Å². The quantitative estimate of drug-likeness (QED) is 0.829. The molecule has 1 aliphatic rings. The van der Waals surface area contributed by atoms with Crippen molar-refractivity contribution in [3.8, 4) is 5.75 Å². The number of carbonyl (C=O) groups is 1. The van der Waals surface area contributed by atoms with E-state index in [1.165, 1.54) is 0 Å². The number of hydrogen-bond acceptors (Lipinski definition) is 2. The summed E-state index contributed by atoms with van der Waals surface area (Å²) in [6, 6.07) is 7.75. The summed E-state index contributed by atoms with van der Waals surface area (Å²) in [5.41, 5.74) is 1.09. The molecule has 3 heteroatoms. The van der Waals surface area contributed by atoms with Gasteiger partial charge in [-0.3, -0.25) is 4.79 Å². The van der Waals surface area contributed by atoms with E-state index < -0.39 is 5.97 Å². The molecule has 0 saturated heterocycles. The Morgan fingerprint density at radius 1 is 1.56 bits per heavy atom. The topological polar surface area (TPSA) is 46.5 Å². The Hall–Kier alpha value is -1.51. The Morgan fingerprint density at radius 2 is 2.31 bits per heavy atom. The summed E-state index contributed by atoms with van der Waals surface area (Å²) in [5.74, 6) is 0.768. The molecule has 3 nitrogen and oxygen atoms in total. The number of methoxy groups -OCH3 is 1. The lowest BCUT2D eigenvalue weighted by atomic mass is 9.91. The predicted molar refractivity (Wildman–Crippen MR) is 60.7 cm³/mol. The lowest BCUT2D eigenvalue weighted by Gasteiger charge is -2.15. The molecule has 1 N–H and O–H groups in total. The van der Waals surface area contributed by atoms with Crippen molar-refractivity contribution in [1.82, 2.24) is 0 Å². The van der Waals surface area contributed by atoms with Crippen LogP contribution in [0.15, 0.2) is 24.3 Å². The molecule has 0 aromatic heterocycles. The standard InChI is InChI=1S/C13H16O3/c1-16-11-4-2-3-10(7-11)12(8-13(14)15)9-5-6-9/h2-4,7,9,12H,5-6,8H2,1H3,(H,14,15). The average molecular weight is 220 g/mol. The zero-order valence-electron chi connectivity index (χ0n) is 9.35. The largest absolute Gasteiger partial charge is 0.497 e. The fourth-order valence-corrected chi connectivity index (χ4v) is 2.12. The molecule has 86 valence electrons. The summed E-state index contributed by atoms with van der Waals surface area (Å²) in [5, 5.41) is 8.92. The molecule has 1 saturated carbocycles. The fourth-order valence-electron chi connectivity index (χ4n) is 2.12. The Bertz CT molecular complexity index is 383. The van der Waals surface area contributed by atoms with Gasteiger partial charge in [-0.2, -0.15) is 0 Å². The second-order valence-corrected chi connectivity index (χ2v) is 4.32. The number of benzene rings is 1. The van der Waals surface area contributed by atoms with Gasteiger partial charge < -0.3 is 9.84 Å². The van der Waals surface area contributed by atoms with Crippen molar-refractivity contribution >= 4 is 5.97 Å². The van der Waals surface area contributed by atoms with Crippen LogP contribution in [0.1, 0.15) is 30.7 Å². The first-order valence-corrected chi connectivity index (χ1v) is 5.56.